The van der Waals surface area contributed by atoms with Gasteiger partial charge < -0.3 is 10.2 Å². The first-order valence-electron chi connectivity index (χ1n) is 30.2. The lowest BCUT2D eigenvalue weighted by molar-refractivity contribution is 0.206. The highest BCUT2D eigenvalue weighted by atomic mass is 19.1. The second-order valence-electron chi connectivity index (χ2n) is 19.9. The number of nitrogens with one attached hydrogen (secondary N) is 1. The molecule has 1 aliphatic heterocycles. The van der Waals surface area contributed by atoms with Crippen LogP contribution in [0.1, 0.15) is 244 Å². The maximum atomic E-state index is 15.3. The Kier molecular flexibility index (Phi) is 47.4. The Morgan fingerprint density at radius 1 is 0.760 bits per heavy atom. The molecule has 75 heavy (non-hydrogen) atoms. The molecular formula is C69H120FN5. The predicted octanol–water partition coefficient (Wildman–Crippen LogP) is 20.0. The molecule has 2 heterocycles. The zero-order valence-electron chi connectivity index (χ0n) is 52.9. The maximum absolute atomic E-state index is 15.3. The minimum Gasteiger partial charge on any atom is -0.323 e. The number of rotatable bonds is 22. The Hall–Kier alpha value is -3.97. The van der Waals surface area contributed by atoms with Crippen molar-refractivity contribution in [1.29, 1.82) is 0 Å². The fraction of sp³-hybridized carbons (Fsp3) is 0.623. The molecule has 6 heteroatoms. The third-order valence-corrected chi connectivity index (χ3v) is 13.3. The van der Waals surface area contributed by atoms with Crippen LogP contribution in [0.25, 0.3) is 17.0 Å². The van der Waals surface area contributed by atoms with Crippen LogP contribution < -0.4 is 5.32 Å². The Labute approximate surface area is 466 Å². The average Bonchev–Trinajstić information content (AvgIpc) is 3.42. The first-order chi connectivity index (χ1) is 36.1. The summed E-state index contributed by atoms with van der Waals surface area (Å²) in [5.41, 5.74) is 11.2. The standard InChI is InChI=1S/C42H59FN4.C13H20.2C3H8.C2H7N.3C2H6/c1-8-12-20-38(11-4)46(7)30-37-27-40(41(43)28-34(37)10-3)35-21-24-47(25-22-35)23-18-16-14-13-15-17-19-36-29-42-39(26-33(36)9-2)31(5)44-32(6)45-42;1-5-11-8-7-9-12(10-11)13(3,4)6-2;3*1-3-2;3*1-2/h8,10-11,26-29,35,38H,1,3-4,9,12-25,30H2,2,5-7H3;7-10H,5-6H2,1-4H3;2*3H2,1-2H3;3H,1-2H3;3*1-2H3. The van der Waals surface area contributed by atoms with E-state index in [4.69, 9.17) is 4.98 Å². The van der Waals surface area contributed by atoms with Crippen LogP contribution in [0, 0.1) is 19.7 Å². The maximum Gasteiger partial charge on any atom is 0.127 e. The topological polar surface area (TPSA) is 44.3 Å². The van der Waals surface area contributed by atoms with E-state index in [1.54, 1.807) is 12.1 Å². The third-order valence-electron chi connectivity index (χ3n) is 13.3. The number of benzene rings is 3. The lowest BCUT2D eigenvalue weighted by Gasteiger charge is -2.33. The van der Waals surface area contributed by atoms with Gasteiger partial charge in [-0.3, -0.25) is 4.90 Å². The molecule has 0 bridgehead atoms. The number of fused-ring (bicyclic) bond motifs is 1. The molecule has 1 N–H and O–H groups in total. The molecule has 0 aliphatic carbocycles. The van der Waals surface area contributed by atoms with Crippen molar-refractivity contribution in [3.63, 3.8) is 0 Å². The summed E-state index contributed by atoms with van der Waals surface area (Å²) in [6.07, 6.45) is 24.4. The molecule has 0 spiro atoms. The normalized spacial score (nSPS) is 12.3. The Balaban J connectivity index is -0.00000153. The highest BCUT2D eigenvalue weighted by Gasteiger charge is 2.25. The average molecular weight is 1040 g/mol. The van der Waals surface area contributed by atoms with Crippen LogP contribution in [0.15, 0.2) is 80.4 Å². The molecule has 1 saturated heterocycles. The highest BCUT2D eigenvalue weighted by molar-refractivity contribution is 5.82. The second-order valence-corrected chi connectivity index (χ2v) is 19.9. The fourth-order valence-electron chi connectivity index (χ4n) is 8.85. The van der Waals surface area contributed by atoms with E-state index in [1.165, 1.54) is 85.4 Å². The Bertz CT molecular complexity index is 2020. The van der Waals surface area contributed by atoms with E-state index in [9.17, 15) is 0 Å². The summed E-state index contributed by atoms with van der Waals surface area (Å²) in [4.78, 5) is 14.2. The molecule has 1 fully saturated rings. The predicted molar refractivity (Wildman–Crippen MR) is 340 cm³/mol. The molecule has 4 aromatic rings. The number of allylic oxidation sites excluding steroid dienone is 1. The van der Waals surface area contributed by atoms with E-state index in [0.717, 1.165) is 105 Å². The Morgan fingerprint density at radius 2 is 1.33 bits per heavy atom. The number of unbranched alkanes of at least 4 members (excludes halogenated alkanes) is 5. The molecule has 3 aromatic carbocycles. The molecule has 0 radical (unpaired) electrons. The van der Waals surface area contributed by atoms with Crippen molar-refractivity contribution in [2.45, 2.75) is 244 Å². The van der Waals surface area contributed by atoms with E-state index in [0.29, 0.717) is 5.41 Å². The number of likely N-dealkylation sites (N-methyl/N-ethyl adjacent to an activating group) is 1. The second kappa shape index (κ2) is 47.3. The molecule has 1 unspecified atom stereocenters. The quantitative estimate of drug-likeness (QED) is 0.0628. The summed E-state index contributed by atoms with van der Waals surface area (Å²) in [6.45, 7) is 51.8. The highest BCUT2D eigenvalue weighted by Crippen LogP contribution is 2.33. The molecule has 428 valence electrons. The minimum absolute atomic E-state index is 0.0811. The summed E-state index contributed by atoms with van der Waals surface area (Å²) in [5, 5.41) is 3.94. The van der Waals surface area contributed by atoms with Crippen LogP contribution in [0.4, 0.5) is 4.39 Å². The van der Waals surface area contributed by atoms with Gasteiger partial charge in [-0.25, -0.2) is 14.4 Å². The lowest BCUT2D eigenvalue weighted by atomic mass is 9.81. The van der Waals surface area contributed by atoms with Crippen LogP contribution in [0.3, 0.4) is 0 Å². The van der Waals surface area contributed by atoms with Crippen molar-refractivity contribution >= 4 is 17.0 Å². The van der Waals surface area contributed by atoms with Gasteiger partial charge in [0.05, 0.1) is 5.52 Å². The number of aryl methyl sites for hydroxylation is 5. The number of nitrogens with zero attached hydrogens (tertiary/aromatic N) is 4. The van der Waals surface area contributed by atoms with Gasteiger partial charge >= 0.3 is 0 Å². The van der Waals surface area contributed by atoms with Gasteiger partial charge in [0.25, 0.3) is 0 Å². The molecular weight excluding hydrogens is 918 g/mol. The van der Waals surface area contributed by atoms with E-state index in [-0.39, 0.29) is 17.8 Å². The van der Waals surface area contributed by atoms with E-state index in [1.807, 2.05) is 74.7 Å². The zero-order valence-corrected chi connectivity index (χ0v) is 52.9. The lowest BCUT2D eigenvalue weighted by Crippen LogP contribution is -2.34. The van der Waals surface area contributed by atoms with Crippen molar-refractivity contribution in [2.24, 2.45) is 0 Å². The van der Waals surface area contributed by atoms with Gasteiger partial charge in [0, 0.05) is 23.7 Å². The number of hydrogen-bond acceptors (Lipinski definition) is 5. The van der Waals surface area contributed by atoms with E-state index in [2.05, 4.69) is 159 Å². The molecule has 1 aliphatic rings. The minimum atomic E-state index is -0.0811. The number of piperidine rings is 1. The summed E-state index contributed by atoms with van der Waals surface area (Å²) >= 11 is 0. The zero-order chi connectivity index (χ0) is 57.8. The van der Waals surface area contributed by atoms with Crippen molar-refractivity contribution < 1.29 is 4.39 Å². The van der Waals surface area contributed by atoms with Crippen LogP contribution in [0.2, 0.25) is 0 Å². The number of halogens is 1. The molecule has 1 atom stereocenters. The van der Waals surface area contributed by atoms with Gasteiger partial charge in [-0.2, -0.15) is 0 Å². The molecule has 5 nitrogen and oxygen atoms in total. The van der Waals surface area contributed by atoms with Crippen molar-refractivity contribution in [3.8, 4) is 0 Å². The molecule has 1 aromatic heterocycles. The summed E-state index contributed by atoms with van der Waals surface area (Å²) in [5.74, 6) is 1.05. The smallest absolute Gasteiger partial charge is 0.127 e. The number of aromatic nitrogens is 2. The van der Waals surface area contributed by atoms with Crippen LogP contribution in [-0.2, 0) is 31.2 Å². The first-order valence-corrected chi connectivity index (χ1v) is 30.2. The molecule has 0 amide bonds. The SMILES string of the molecule is C=CCCC(C=C)N(C)Cc1cc(C2CCN(CCCCCCCCc3cc4nc(C)nc(C)c4cc3CC)CC2)c(F)cc1C=C.CC.CC.CC.CCC.CCC.CCc1cccc(C(C)(C)CC)c1.CNC. The number of likely N-dealkylation sites (tertiary alicyclic amines) is 1. The first kappa shape index (κ1) is 75.3. The van der Waals surface area contributed by atoms with E-state index >= 15 is 4.39 Å². The molecule has 5 rings (SSSR count). The fourth-order valence-corrected chi connectivity index (χ4v) is 8.85. The third kappa shape index (κ3) is 29.9. The van der Waals surface area contributed by atoms with Gasteiger partial charge in [0.1, 0.15) is 11.6 Å². The van der Waals surface area contributed by atoms with Gasteiger partial charge in [0.15, 0.2) is 0 Å². The molecule has 0 saturated carbocycles. The summed E-state index contributed by atoms with van der Waals surface area (Å²) in [6, 6.07) is 17.7. The van der Waals surface area contributed by atoms with Crippen LogP contribution in [0.5, 0.6) is 0 Å². The van der Waals surface area contributed by atoms with Crippen molar-refractivity contribution in [1.82, 2.24) is 25.1 Å². The Morgan fingerprint density at radius 3 is 1.85 bits per heavy atom. The van der Waals surface area contributed by atoms with Gasteiger partial charge in [-0.15, -0.1) is 13.2 Å². The summed E-state index contributed by atoms with van der Waals surface area (Å²) in [7, 11) is 5.87. The monoisotopic (exact) mass is 1040 g/mol. The largest absolute Gasteiger partial charge is 0.323 e. The van der Waals surface area contributed by atoms with Crippen LogP contribution in [-0.4, -0.2) is 66.6 Å². The van der Waals surface area contributed by atoms with Crippen LogP contribution >= 0.6 is 0 Å². The van der Waals surface area contributed by atoms with Gasteiger partial charge in [-0.05, 0) is 187 Å². The van der Waals surface area contributed by atoms with E-state index < -0.39 is 0 Å². The van der Waals surface area contributed by atoms with Crippen molar-refractivity contribution in [3.05, 3.63) is 137 Å². The van der Waals surface area contributed by atoms with Gasteiger partial charge in [0.2, 0.25) is 0 Å². The number of hydrogen-bond donors (Lipinski definition) is 1. The van der Waals surface area contributed by atoms with Crippen molar-refractivity contribution in [2.75, 3.05) is 40.8 Å². The van der Waals surface area contributed by atoms with Gasteiger partial charge in [-0.1, -0.05) is 198 Å². The summed E-state index contributed by atoms with van der Waals surface area (Å²) < 4.78 is 15.3.